The van der Waals surface area contributed by atoms with Crippen molar-refractivity contribution < 1.29 is 20.1 Å². The lowest BCUT2D eigenvalue weighted by Gasteiger charge is -2.11. The van der Waals surface area contributed by atoms with Gasteiger partial charge in [0.05, 0.1) is 6.61 Å². The summed E-state index contributed by atoms with van der Waals surface area (Å²) in [7, 11) is 0. The molecule has 9 heteroatoms. The largest absolute Gasteiger partial charge is 0.505 e. The number of aliphatic hydroxyl groups excluding tert-OH is 3. The Kier molecular flexibility index (Phi) is 2.50. The van der Waals surface area contributed by atoms with Gasteiger partial charge in [0.2, 0.25) is 5.88 Å². The number of imidazole rings is 1. The highest BCUT2D eigenvalue weighted by molar-refractivity contribution is 5.83. The zero-order valence-electron chi connectivity index (χ0n) is 9.63. The van der Waals surface area contributed by atoms with E-state index in [-0.39, 0.29) is 11.7 Å². The van der Waals surface area contributed by atoms with Crippen LogP contribution in [-0.2, 0) is 4.74 Å². The molecular formula is C10H11N5O4. The lowest BCUT2D eigenvalue weighted by Crippen LogP contribution is -2.27. The Morgan fingerprint density at radius 2 is 2.16 bits per heavy atom. The van der Waals surface area contributed by atoms with E-state index in [1.54, 1.807) is 0 Å². The summed E-state index contributed by atoms with van der Waals surface area (Å²) in [5, 5.41) is 28.5. The van der Waals surface area contributed by atoms with Crippen LogP contribution in [0.1, 0.15) is 0 Å². The Hall–Kier alpha value is -2.39. The molecule has 1 aliphatic rings. The quantitative estimate of drug-likeness (QED) is 0.533. The van der Waals surface area contributed by atoms with Crippen LogP contribution < -0.4 is 5.73 Å². The minimum absolute atomic E-state index is 0.0350. The molecule has 0 bridgehead atoms. The van der Waals surface area contributed by atoms with Gasteiger partial charge in [-0.3, -0.25) is 0 Å². The number of hydrogen-bond donors (Lipinski definition) is 4. The summed E-state index contributed by atoms with van der Waals surface area (Å²) in [6.45, 7) is -0.432. The third kappa shape index (κ3) is 1.59. The van der Waals surface area contributed by atoms with E-state index < -0.39 is 24.6 Å². The van der Waals surface area contributed by atoms with E-state index >= 15 is 0 Å². The summed E-state index contributed by atoms with van der Waals surface area (Å²) in [5.41, 5.74) is 6.34. The fourth-order valence-electron chi connectivity index (χ4n) is 1.89. The van der Waals surface area contributed by atoms with Gasteiger partial charge >= 0.3 is 0 Å². The van der Waals surface area contributed by atoms with Gasteiger partial charge in [-0.05, 0) is 0 Å². The highest BCUT2D eigenvalue weighted by atomic mass is 16.5. The van der Waals surface area contributed by atoms with Crippen LogP contribution in [0.5, 0.6) is 0 Å². The molecule has 3 heterocycles. The van der Waals surface area contributed by atoms with Crippen LogP contribution in [0.25, 0.3) is 17.0 Å². The Bertz CT molecular complexity index is 667. The number of hydrogen-bond acceptors (Lipinski definition) is 8. The molecule has 100 valence electrons. The van der Waals surface area contributed by atoms with Gasteiger partial charge in [0.15, 0.2) is 34.9 Å². The van der Waals surface area contributed by atoms with Gasteiger partial charge < -0.3 is 25.8 Å². The molecule has 0 radical (unpaired) electrons. The van der Waals surface area contributed by atoms with Crippen LogP contribution in [0, 0.1) is 0 Å². The number of nitrogens with two attached hydrogens (primary N) is 1. The Morgan fingerprint density at radius 3 is 2.84 bits per heavy atom. The van der Waals surface area contributed by atoms with Gasteiger partial charge in [0.25, 0.3) is 0 Å². The molecular weight excluding hydrogens is 254 g/mol. The van der Waals surface area contributed by atoms with Gasteiger partial charge in [-0.2, -0.15) is 0 Å². The molecule has 0 fully saturated rings. The maximum atomic E-state index is 9.83. The second-order valence-electron chi connectivity index (χ2n) is 4.02. The van der Waals surface area contributed by atoms with Crippen molar-refractivity contribution in [3.63, 3.8) is 0 Å². The van der Waals surface area contributed by atoms with Crippen LogP contribution in [0.15, 0.2) is 18.4 Å². The standard InChI is InChI=1S/C10H11N5O4/c11-8-5-9(13-2-12-8)15(3-14-5)10-7(18)6(17)4(1-16)19-10/h2-4,6,16-18H,1H2,(H2,11,12,13). The van der Waals surface area contributed by atoms with Crippen LogP contribution in [0.4, 0.5) is 5.82 Å². The predicted octanol–water partition coefficient (Wildman–Crippen LogP) is -1.16. The van der Waals surface area contributed by atoms with Gasteiger partial charge in [-0.15, -0.1) is 0 Å². The van der Waals surface area contributed by atoms with Crippen molar-refractivity contribution in [3.8, 4) is 0 Å². The first-order valence-electron chi connectivity index (χ1n) is 5.46. The molecule has 0 spiro atoms. The van der Waals surface area contributed by atoms with E-state index in [4.69, 9.17) is 15.6 Å². The average molecular weight is 265 g/mol. The molecule has 0 saturated carbocycles. The summed E-state index contributed by atoms with van der Waals surface area (Å²) in [5.74, 6) is -0.233. The van der Waals surface area contributed by atoms with Crippen molar-refractivity contribution in [1.82, 2.24) is 19.5 Å². The summed E-state index contributed by atoms with van der Waals surface area (Å²) < 4.78 is 6.61. The smallest absolute Gasteiger partial charge is 0.243 e. The first-order chi connectivity index (χ1) is 9.13. The van der Waals surface area contributed by atoms with Gasteiger partial charge in [0.1, 0.15) is 12.7 Å². The number of rotatable bonds is 2. The molecule has 0 aromatic carbocycles. The van der Waals surface area contributed by atoms with Gasteiger partial charge in [0, 0.05) is 0 Å². The molecule has 2 atom stereocenters. The van der Waals surface area contributed by atoms with E-state index in [0.717, 1.165) is 0 Å². The molecule has 0 amide bonds. The fourth-order valence-corrected chi connectivity index (χ4v) is 1.89. The number of aromatic nitrogens is 4. The minimum atomic E-state index is -1.29. The summed E-state index contributed by atoms with van der Waals surface area (Å²) in [6, 6.07) is 0. The first kappa shape index (κ1) is 11.7. The lowest BCUT2D eigenvalue weighted by atomic mass is 10.2. The van der Waals surface area contributed by atoms with Crippen LogP contribution in [0.3, 0.4) is 0 Å². The SMILES string of the molecule is Nc1ncnc2c1ncn2C1=C(O)C(O)C(CO)O1. The molecule has 0 aliphatic carbocycles. The maximum Gasteiger partial charge on any atom is 0.243 e. The third-order valence-electron chi connectivity index (χ3n) is 2.87. The molecule has 19 heavy (non-hydrogen) atoms. The fraction of sp³-hybridized carbons (Fsp3) is 0.300. The van der Waals surface area contributed by atoms with Crippen molar-refractivity contribution >= 4 is 22.9 Å². The van der Waals surface area contributed by atoms with Crippen LogP contribution in [0.2, 0.25) is 0 Å². The highest BCUT2D eigenvalue weighted by Crippen LogP contribution is 2.29. The summed E-state index contributed by atoms with van der Waals surface area (Å²) >= 11 is 0. The second-order valence-corrected chi connectivity index (χ2v) is 4.02. The predicted molar refractivity (Wildman–Crippen MR) is 63.5 cm³/mol. The van der Waals surface area contributed by atoms with Crippen molar-refractivity contribution in [2.45, 2.75) is 12.2 Å². The molecule has 5 N–H and O–H groups in total. The Balaban J connectivity index is 2.13. The average Bonchev–Trinajstić information content (AvgIpc) is 2.94. The number of nitrogens with zero attached hydrogens (tertiary/aromatic N) is 4. The monoisotopic (exact) mass is 265 g/mol. The van der Waals surface area contributed by atoms with Crippen LogP contribution >= 0.6 is 0 Å². The molecule has 2 aromatic heterocycles. The Morgan fingerprint density at radius 1 is 1.37 bits per heavy atom. The highest BCUT2D eigenvalue weighted by Gasteiger charge is 2.37. The Labute approximate surface area is 106 Å². The zero-order valence-corrected chi connectivity index (χ0v) is 9.63. The summed E-state index contributed by atoms with van der Waals surface area (Å²) in [4.78, 5) is 11.8. The third-order valence-corrected chi connectivity index (χ3v) is 2.87. The lowest BCUT2D eigenvalue weighted by molar-refractivity contribution is 0.0140. The molecule has 3 rings (SSSR count). The number of aliphatic hydroxyl groups is 3. The van der Waals surface area contributed by atoms with Gasteiger partial charge in [-0.25, -0.2) is 19.5 Å². The van der Waals surface area contributed by atoms with Gasteiger partial charge in [-0.1, -0.05) is 0 Å². The topological polar surface area (TPSA) is 140 Å². The van der Waals surface area contributed by atoms with Crippen molar-refractivity contribution in [2.24, 2.45) is 0 Å². The number of fused-ring (bicyclic) bond motifs is 1. The van der Waals surface area contributed by atoms with Crippen LogP contribution in [-0.4, -0.2) is 53.7 Å². The first-order valence-corrected chi connectivity index (χ1v) is 5.46. The van der Waals surface area contributed by atoms with E-state index in [1.165, 1.54) is 17.2 Å². The van der Waals surface area contributed by atoms with Crippen molar-refractivity contribution in [2.75, 3.05) is 12.3 Å². The molecule has 2 aromatic rings. The van der Waals surface area contributed by atoms with E-state index in [9.17, 15) is 10.2 Å². The number of nitrogen functional groups attached to an aromatic ring is 1. The molecule has 2 unspecified atom stereocenters. The minimum Gasteiger partial charge on any atom is -0.505 e. The normalized spacial score (nSPS) is 23.1. The summed E-state index contributed by atoms with van der Waals surface area (Å²) in [6.07, 6.45) is 0.374. The van der Waals surface area contributed by atoms with Crippen molar-refractivity contribution in [3.05, 3.63) is 18.4 Å². The molecule has 1 aliphatic heterocycles. The maximum absolute atomic E-state index is 9.83. The number of ether oxygens (including phenoxy) is 1. The van der Waals surface area contributed by atoms with Crippen molar-refractivity contribution in [1.29, 1.82) is 0 Å². The van der Waals surface area contributed by atoms with E-state index in [0.29, 0.717) is 11.2 Å². The van der Waals surface area contributed by atoms with E-state index in [2.05, 4.69) is 15.0 Å². The number of anilines is 1. The molecule has 0 saturated heterocycles. The van der Waals surface area contributed by atoms with E-state index in [1.807, 2.05) is 0 Å². The zero-order chi connectivity index (χ0) is 13.6. The molecule has 9 nitrogen and oxygen atoms in total. The second kappa shape index (κ2) is 4.07.